The molecule has 2 aliphatic rings. The fourth-order valence-electron chi connectivity index (χ4n) is 3.76. The zero-order valence-electron chi connectivity index (χ0n) is 17.9. The molecule has 32 heavy (non-hydrogen) atoms. The van der Waals surface area contributed by atoms with Gasteiger partial charge in [0.05, 0.1) is 23.8 Å². The van der Waals surface area contributed by atoms with Gasteiger partial charge in [-0.05, 0) is 43.5 Å². The number of nitrogens with one attached hydrogen (secondary N) is 2. The number of aromatic nitrogens is 1. The fourth-order valence-corrected chi connectivity index (χ4v) is 4.80. The van der Waals surface area contributed by atoms with Crippen molar-refractivity contribution in [3.05, 3.63) is 36.5 Å². The molecule has 2 aromatic rings. The number of hydrogen-bond donors (Lipinski definition) is 2. The Morgan fingerprint density at radius 2 is 1.81 bits per heavy atom. The van der Waals surface area contributed by atoms with Gasteiger partial charge < -0.3 is 19.7 Å². The number of benzene rings is 1. The standard InChI is InChI=1S/C22H28N4O5S/c27-21(25-18-6-4-10-23-22(18)26-12-2-1-3-13-26)9-11-24-32(28,29)17-7-8-19-20(16-17)31-15-5-14-30-19/h4,6-8,10,16,24H,1-3,5,9,11-15H2,(H,25,27). The number of rotatable bonds is 7. The summed E-state index contributed by atoms with van der Waals surface area (Å²) in [5.41, 5.74) is 0.644. The van der Waals surface area contributed by atoms with E-state index in [0.29, 0.717) is 30.4 Å². The Hall–Kier alpha value is -2.85. The lowest BCUT2D eigenvalue weighted by Crippen LogP contribution is -2.31. The molecular weight excluding hydrogens is 432 g/mol. The van der Waals surface area contributed by atoms with E-state index in [0.717, 1.165) is 38.2 Å². The van der Waals surface area contributed by atoms with Gasteiger partial charge in [0.25, 0.3) is 0 Å². The minimum absolute atomic E-state index is 0.00187. The molecule has 9 nitrogen and oxygen atoms in total. The second kappa shape index (κ2) is 10.2. The van der Waals surface area contributed by atoms with E-state index >= 15 is 0 Å². The molecule has 1 aromatic carbocycles. The summed E-state index contributed by atoms with van der Waals surface area (Å²) in [6.45, 7) is 2.80. The van der Waals surface area contributed by atoms with Crippen molar-refractivity contribution in [3.8, 4) is 11.5 Å². The molecule has 0 spiro atoms. The second-order valence-corrected chi connectivity index (χ2v) is 9.54. The molecule has 3 heterocycles. The van der Waals surface area contributed by atoms with Crippen LogP contribution in [0, 0.1) is 0 Å². The highest BCUT2D eigenvalue weighted by molar-refractivity contribution is 7.89. The maximum atomic E-state index is 12.6. The zero-order valence-corrected chi connectivity index (χ0v) is 18.7. The lowest BCUT2D eigenvalue weighted by molar-refractivity contribution is -0.116. The molecule has 1 fully saturated rings. The molecule has 2 aliphatic heterocycles. The maximum Gasteiger partial charge on any atom is 0.240 e. The maximum absolute atomic E-state index is 12.6. The zero-order chi connectivity index (χ0) is 22.4. The highest BCUT2D eigenvalue weighted by Gasteiger charge is 2.20. The van der Waals surface area contributed by atoms with Gasteiger partial charge in [-0.2, -0.15) is 0 Å². The van der Waals surface area contributed by atoms with Crippen molar-refractivity contribution in [3.63, 3.8) is 0 Å². The van der Waals surface area contributed by atoms with Gasteiger partial charge in [-0.25, -0.2) is 18.1 Å². The minimum Gasteiger partial charge on any atom is -0.490 e. The molecule has 0 radical (unpaired) electrons. The molecule has 0 saturated carbocycles. The topological polar surface area (TPSA) is 110 Å². The molecule has 0 unspecified atom stereocenters. The minimum atomic E-state index is -3.79. The van der Waals surface area contributed by atoms with Gasteiger partial charge in [0.1, 0.15) is 0 Å². The van der Waals surface area contributed by atoms with Gasteiger partial charge in [0, 0.05) is 44.7 Å². The Bertz CT molecular complexity index is 1050. The quantitative estimate of drug-likeness (QED) is 0.653. The lowest BCUT2D eigenvalue weighted by Gasteiger charge is -2.29. The van der Waals surface area contributed by atoms with E-state index in [1.54, 1.807) is 18.3 Å². The summed E-state index contributed by atoms with van der Waals surface area (Å²) in [5.74, 6) is 1.41. The average Bonchev–Trinajstić information content (AvgIpc) is 3.05. The van der Waals surface area contributed by atoms with Crippen LogP contribution in [-0.4, -0.2) is 52.2 Å². The van der Waals surface area contributed by atoms with Crippen molar-refractivity contribution < 1.29 is 22.7 Å². The predicted octanol–water partition coefficient (Wildman–Crippen LogP) is 2.54. The van der Waals surface area contributed by atoms with E-state index in [4.69, 9.17) is 9.47 Å². The SMILES string of the molecule is O=C(CCNS(=O)(=O)c1ccc2c(c1)OCCCO2)Nc1cccnc1N1CCCCC1. The Balaban J connectivity index is 1.34. The van der Waals surface area contributed by atoms with Gasteiger partial charge in [0.2, 0.25) is 15.9 Å². The van der Waals surface area contributed by atoms with Crippen LogP contribution in [0.1, 0.15) is 32.1 Å². The fraction of sp³-hybridized carbons (Fsp3) is 0.455. The summed E-state index contributed by atoms with van der Waals surface area (Å²) in [6, 6.07) is 8.10. The molecule has 2 N–H and O–H groups in total. The molecule has 1 aromatic heterocycles. The summed E-state index contributed by atoms with van der Waals surface area (Å²) >= 11 is 0. The van der Waals surface area contributed by atoms with Gasteiger partial charge in [0.15, 0.2) is 17.3 Å². The molecule has 0 bridgehead atoms. The van der Waals surface area contributed by atoms with Crippen LogP contribution in [0.5, 0.6) is 11.5 Å². The first-order chi connectivity index (χ1) is 15.5. The van der Waals surface area contributed by atoms with Crippen LogP contribution in [0.3, 0.4) is 0 Å². The van der Waals surface area contributed by atoms with E-state index in [2.05, 4.69) is 19.9 Å². The molecule has 172 valence electrons. The van der Waals surface area contributed by atoms with Crippen LogP contribution in [0.15, 0.2) is 41.4 Å². The first-order valence-electron chi connectivity index (χ1n) is 10.9. The molecule has 0 aliphatic carbocycles. The molecular formula is C22H28N4O5S. The first-order valence-corrected chi connectivity index (χ1v) is 12.4. The number of fused-ring (bicyclic) bond motifs is 1. The van der Waals surface area contributed by atoms with Gasteiger partial charge in [-0.1, -0.05) is 0 Å². The largest absolute Gasteiger partial charge is 0.490 e. The van der Waals surface area contributed by atoms with E-state index in [1.807, 2.05) is 6.07 Å². The number of nitrogens with zero attached hydrogens (tertiary/aromatic N) is 2. The number of ether oxygens (including phenoxy) is 2. The number of piperidine rings is 1. The van der Waals surface area contributed by atoms with E-state index < -0.39 is 10.0 Å². The summed E-state index contributed by atoms with van der Waals surface area (Å²) in [5, 5.41) is 2.87. The Kier molecular flexibility index (Phi) is 7.11. The number of carbonyl (C=O) groups excluding carboxylic acids is 1. The van der Waals surface area contributed by atoms with Gasteiger partial charge >= 0.3 is 0 Å². The number of amides is 1. The average molecular weight is 461 g/mol. The highest BCUT2D eigenvalue weighted by Crippen LogP contribution is 2.32. The van der Waals surface area contributed by atoms with Crippen molar-refractivity contribution >= 4 is 27.4 Å². The number of sulfonamides is 1. The summed E-state index contributed by atoms with van der Waals surface area (Å²) in [4.78, 5) is 19.1. The Labute approximate surface area is 188 Å². The van der Waals surface area contributed by atoms with Crippen LogP contribution >= 0.6 is 0 Å². The predicted molar refractivity (Wildman–Crippen MR) is 121 cm³/mol. The molecule has 0 atom stereocenters. The van der Waals surface area contributed by atoms with Crippen LogP contribution < -0.4 is 24.4 Å². The smallest absolute Gasteiger partial charge is 0.240 e. The highest BCUT2D eigenvalue weighted by atomic mass is 32.2. The van der Waals surface area contributed by atoms with Crippen LogP contribution in [0.25, 0.3) is 0 Å². The monoisotopic (exact) mass is 460 g/mol. The molecule has 4 rings (SSSR count). The second-order valence-electron chi connectivity index (χ2n) is 7.78. The number of pyridine rings is 1. The molecule has 1 saturated heterocycles. The third kappa shape index (κ3) is 5.49. The summed E-state index contributed by atoms with van der Waals surface area (Å²) < 4.78 is 38.9. The van der Waals surface area contributed by atoms with Crippen LogP contribution in [0.2, 0.25) is 0 Å². The number of hydrogen-bond acceptors (Lipinski definition) is 7. The van der Waals surface area contributed by atoms with Crippen molar-refractivity contribution in [2.75, 3.05) is 43.1 Å². The van der Waals surface area contributed by atoms with Gasteiger partial charge in [-0.15, -0.1) is 0 Å². The molecule has 10 heteroatoms. The van der Waals surface area contributed by atoms with Crippen molar-refractivity contribution in [2.45, 2.75) is 37.0 Å². The Morgan fingerprint density at radius 3 is 2.62 bits per heavy atom. The van der Waals surface area contributed by atoms with Crippen LogP contribution in [0.4, 0.5) is 11.5 Å². The summed E-state index contributed by atoms with van der Waals surface area (Å²) in [7, 11) is -3.79. The third-order valence-electron chi connectivity index (χ3n) is 5.39. The lowest BCUT2D eigenvalue weighted by atomic mass is 10.1. The molecule has 1 amide bonds. The van der Waals surface area contributed by atoms with Crippen molar-refractivity contribution in [1.82, 2.24) is 9.71 Å². The number of anilines is 2. The van der Waals surface area contributed by atoms with E-state index in [-0.39, 0.29) is 23.8 Å². The normalized spacial score (nSPS) is 16.3. The van der Waals surface area contributed by atoms with E-state index in [1.165, 1.54) is 18.6 Å². The van der Waals surface area contributed by atoms with Crippen molar-refractivity contribution in [1.29, 1.82) is 0 Å². The van der Waals surface area contributed by atoms with E-state index in [9.17, 15) is 13.2 Å². The van der Waals surface area contributed by atoms with Crippen LogP contribution in [-0.2, 0) is 14.8 Å². The van der Waals surface area contributed by atoms with Gasteiger partial charge in [-0.3, -0.25) is 4.79 Å². The third-order valence-corrected chi connectivity index (χ3v) is 6.85. The first kappa shape index (κ1) is 22.3. The Morgan fingerprint density at radius 1 is 1.03 bits per heavy atom. The number of carbonyl (C=O) groups is 1. The van der Waals surface area contributed by atoms with Crippen molar-refractivity contribution in [2.24, 2.45) is 0 Å². The summed E-state index contributed by atoms with van der Waals surface area (Å²) in [6.07, 6.45) is 5.85.